The minimum Gasteiger partial charge on any atom is -0.376 e. The molecule has 2 aromatic heterocycles. The Kier molecular flexibility index (Phi) is 3.38. The summed E-state index contributed by atoms with van der Waals surface area (Å²) in [7, 11) is 0. The fraction of sp³-hybridized carbons (Fsp3) is 0.500. The van der Waals surface area contributed by atoms with E-state index in [0.29, 0.717) is 19.8 Å². The molecule has 4 rings (SSSR count). The average Bonchev–Trinajstić information content (AvgIpc) is 3.00. The van der Waals surface area contributed by atoms with Crippen LogP contribution in [0.5, 0.6) is 0 Å². The maximum atomic E-state index is 5.75. The number of nitrogens with one attached hydrogen (secondary N) is 1. The van der Waals surface area contributed by atoms with E-state index in [1.165, 1.54) is 0 Å². The van der Waals surface area contributed by atoms with Crippen LogP contribution in [0.15, 0.2) is 24.5 Å². The molecule has 0 radical (unpaired) electrons. The zero-order valence-corrected chi connectivity index (χ0v) is 11.6. The maximum absolute atomic E-state index is 5.75. The molecule has 0 bridgehead atoms. The summed E-state index contributed by atoms with van der Waals surface area (Å²) in [5.74, 6) is 1.79. The fourth-order valence-corrected chi connectivity index (χ4v) is 2.88. The first-order chi connectivity index (χ1) is 10.4. The van der Waals surface area contributed by atoms with Crippen molar-refractivity contribution >= 4 is 0 Å². The number of fused-ring (bicyclic) bond motifs is 1. The van der Waals surface area contributed by atoms with E-state index in [0.717, 1.165) is 30.3 Å². The third-order valence-electron chi connectivity index (χ3n) is 3.89. The largest absolute Gasteiger partial charge is 0.376 e. The van der Waals surface area contributed by atoms with Gasteiger partial charge in [0.05, 0.1) is 25.9 Å². The Morgan fingerprint density at radius 1 is 1.14 bits per heavy atom. The molecule has 0 saturated carbocycles. The second-order valence-electron chi connectivity index (χ2n) is 5.17. The van der Waals surface area contributed by atoms with Crippen molar-refractivity contribution < 1.29 is 9.47 Å². The van der Waals surface area contributed by atoms with E-state index >= 15 is 0 Å². The van der Waals surface area contributed by atoms with E-state index in [4.69, 9.17) is 9.47 Å². The van der Waals surface area contributed by atoms with Gasteiger partial charge >= 0.3 is 0 Å². The lowest BCUT2D eigenvalue weighted by molar-refractivity contribution is -0.0949. The van der Waals surface area contributed by atoms with Gasteiger partial charge in [-0.25, -0.2) is 0 Å². The molecule has 2 aliphatic heterocycles. The van der Waals surface area contributed by atoms with Crippen molar-refractivity contribution in [3.8, 4) is 0 Å². The molecule has 2 aliphatic rings. The monoisotopic (exact) mass is 287 g/mol. The van der Waals surface area contributed by atoms with E-state index in [1.54, 1.807) is 12.4 Å². The minimum atomic E-state index is -0.115. The SMILES string of the molecule is c1cc(C2NCCn3c(C4COCCO4)nnc32)ccn1. The molecule has 0 aliphatic carbocycles. The molecule has 2 atom stereocenters. The van der Waals surface area contributed by atoms with Gasteiger partial charge in [-0.3, -0.25) is 4.98 Å². The van der Waals surface area contributed by atoms with Gasteiger partial charge in [-0.15, -0.1) is 10.2 Å². The third-order valence-corrected chi connectivity index (χ3v) is 3.89. The van der Waals surface area contributed by atoms with E-state index in [9.17, 15) is 0 Å². The highest BCUT2D eigenvalue weighted by atomic mass is 16.6. The molecule has 4 heterocycles. The summed E-state index contributed by atoms with van der Waals surface area (Å²) in [5.41, 5.74) is 1.14. The van der Waals surface area contributed by atoms with Crippen LogP contribution >= 0.6 is 0 Å². The number of pyridine rings is 1. The van der Waals surface area contributed by atoms with Crippen LogP contribution in [0.3, 0.4) is 0 Å². The molecular formula is C14H17N5O2. The zero-order chi connectivity index (χ0) is 14.1. The summed E-state index contributed by atoms with van der Waals surface area (Å²) < 4.78 is 13.4. The first kappa shape index (κ1) is 12.9. The van der Waals surface area contributed by atoms with Crippen molar-refractivity contribution in [2.45, 2.75) is 18.7 Å². The van der Waals surface area contributed by atoms with Crippen LogP contribution in [0.2, 0.25) is 0 Å². The lowest BCUT2D eigenvalue weighted by Crippen LogP contribution is -2.36. The van der Waals surface area contributed by atoms with Gasteiger partial charge in [-0.2, -0.15) is 0 Å². The van der Waals surface area contributed by atoms with Crippen LogP contribution in [0.4, 0.5) is 0 Å². The Morgan fingerprint density at radius 3 is 2.81 bits per heavy atom. The molecule has 0 spiro atoms. The summed E-state index contributed by atoms with van der Waals surface area (Å²) in [5, 5.41) is 12.2. The standard InChI is InChI=1S/C14H17N5O2/c1-3-15-4-2-10(1)12-14-18-17-13(19(14)6-5-16-12)11-9-20-7-8-21-11/h1-4,11-12,16H,5-9H2. The topological polar surface area (TPSA) is 74.1 Å². The molecule has 0 aromatic carbocycles. The van der Waals surface area contributed by atoms with Crippen LogP contribution in [-0.2, 0) is 16.0 Å². The van der Waals surface area contributed by atoms with Crippen molar-refractivity contribution in [1.29, 1.82) is 0 Å². The quantitative estimate of drug-likeness (QED) is 0.864. The van der Waals surface area contributed by atoms with Gasteiger partial charge in [0, 0.05) is 25.5 Å². The summed E-state index contributed by atoms with van der Waals surface area (Å²) in [4.78, 5) is 4.07. The van der Waals surface area contributed by atoms with Crippen molar-refractivity contribution in [3.05, 3.63) is 41.7 Å². The third kappa shape index (κ3) is 2.33. The molecule has 7 nitrogen and oxygen atoms in total. The average molecular weight is 287 g/mol. The van der Waals surface area contributed by atoms with Gasteiger partial charge in [0.25, 0.3) is 0 Å². The highest BCUT2D eigenvalue weighted by molar-refractivity contribution is 5.24. The van der Waals surface area contributed by atoms with E-state index in [1.807, 2.05) is 12.1 Å². The molecule has 7 heteroatoms. The highest BCUT2D eigenvalue weighted by Crippen LogP contribution is 2.27. The van der Waals surface area contributed by atoms with Crippen molar-refractivity contribution in [3.63, 3.8) is 0 Å². The highest BCUT2D eigenvalue weighted by Gasteiger charge is 2.30. The first-order valence-corrected chi connectivity index (χ1v) is 7.19. The van der Waals surface area contributed by atoms with Crippen LogP contribution in [0.25, 0.3) is 0 Å². The van der Waals surface area contributed by atoms with Gasteiger partial charge in [-0.1, -0.05) is 0 Å². The first-order valence-electron chi connectivity index (χ1n) is 7.19. The fourth-order valence-electron chi connectivity index (χ4n) is 2.88. The normalized spacial score (nSPS) is 25.5. The van der Waals surface area contributed by atoms with E-state index < -0.39 is 0 Å². The second kappa shape index (κ2) is 5.51. The number of rotatable bonds is 2. The predicted molar refractivity (Wildman–Crippen MR) is 73.6 cm³/mol. The lowest BCUT2D eigenvalue weighted by Gasteiger charge is -2.28. The molecule has 1 saturated heterocycles. The van der Waals surface area contributed by atoms with Crippen molar-refractivity contribution in [1.82, 2.24) is 25.1 Å². The number of nitrogens with zero attached hydrogens (tertiary/aromatic N) is 4. The molecule has 1 N–H and O–H groups in total. The molecule has 0 amide bonds. The van der Waals surface area contributed by atoms with Crippen molar-refractivity contribution in [2.24, 2.45) is 0 Å². The van der Waals surface area contributed by atoms with Crippen LogP contribution in [0.1, 0.15) is 29.4 Å². The smallest absolute Gasteiger partial charge is 0.164 e. The Bertz CT molecular complexity index is 609. The van der Waals surface area contributed by atoms with Gasteiger partial charge < -0.3 is 19.4 Å². The molecular weight excluding hydrogens is 270 g/mol. The van der Waals surface area contributed by atoms with Crippen LogP contribution in [-0.4, -0.2) is 46.1 Å². The van der Waals surface area contributed by atoms with Crippen LogP contribution in [0, 0.1) is 0 Å². The van der Waals surface area contributed by atoms with E-state index in [-0.39, 0.29) is 12.1 Å². The predicted octanol–water partition coefficient (Wildman–Crippen LogP) is 0.454. The molecule has 21 heavy (non-hydrogen) atoms. The Morgan fingerprint density at radius 2 is 2.00 bits per heavy atom. The summed E-state index contributed by atoms with van der Waals surface area (Å²) in [6, 6.07) is 4.05. The molecule has 110 valence electrons. The maximum Gasteiger partial charge on any atom is 0.164 e. The molecule has 1 fully saturated rings. The number of hydrogen-bond acceptors (Lipinski definition) is 6. The number of hydrogen-bond donors (Lipinski definition) is 1. The van der Waals surface area contributed by atoms with Gasteiger partial charge in [0.15, 0.2) is 11.6 Å². The van der Waals surface area contributed by atoms with Gasteiger partial charge in [0.1, 0.15) is 6.10 Å². The second-order valence-corrected chi connectivity index (χ2v) is 5.17. The lowest BCUT2D eigenvalue weighted by atomic mass is 10.1. The van der Waals surface area contributed by atoms with E-state index in [2.05, 4.69) is 25.1 Å². The Hall–Kier alpha value is -1.83. The summed E-state index contributed by atoms with van der Waals surface area (Å²) >= 11 is 0. The Balaban J connectivity index is 1.68. The van der Waals surface area contributed by atoms with Crippen LogP contribution < -0.4 is 5.32 Å². The number of ether oxygens (including phenoxy) is 2. The molecule has 2 aromatic rings. The Labute approximate surface area is 122 Å². The summed E-state index contributed by atoms with van der Waals surface area (Å²) in [6.07, 6.45) is 3.48. The minimum absolute atomic E-state index is 0.0486. The molecule has 2 unspecified atom stereocenters. The van der Waals surface area contributed by atoms with Crippen molar-refractivity contribution in [2.75, 3.05) is 26.4 Å². The zero-order valence-electron chi connectivity index (χ0n) is 11.6. The summed E-state index contributed by atoms with van der Waals surface area (Å²) in [6.45, 7) is 3.53. The van der Waals surface area contributed by atoms with Gasteiger partial charge in [0.2, 0.25) is 0 Å². The number of aromatic nitrogens is 4. The van der Waals surface area contributed by atoms with Gasteiger partial charge in [-0.05, 0) is 17.7 Å².